The van der Waals surface area contributed by atoms with Gasteiger partial charge in [0, 0.05) is 4.47 Å². The zero-order valence-corrected chi connectivity index (χ0v) is 15.6. The van der Waals surface area contributed by atoms with Crippen molar-refractivity contribution in [2.45, 2.75) is 0 Å². The van der Waals surface area contributed by atoms with E-state index in [0.717, 1.165) is 26.7 Å². The fourth-order valence-corrected chi connectivity index (χ4v) is 3.23. The van der Waals surface area contributed by atoms with Crippen molar-refractivity contribution in [2.75, 3.05) is 17.1 Å². The number of hydrazone groups is 1. The average molecular weight is 428 g/mol. The lowest BCUT2D eigenvalue weighted by Gasteiger charge is -2.21. The van der Waals surface area contributed by atoms with Crippen LogP contribution in [-0.2, 0) is 14.8 Å². The summed E-state index contributed by atoms with van der Waals surface area (Å²) >= 11 is 3.32. The van der Waals surface area contributed by atoms with Crippen LogP contribution >= 0.6 is 15.9 Å². The highest BCUT2D eigenvalue weighted by molar-refractivity contribution is 9.10. The molecule has 0 aliphatic rings. The zero-order valence-electron chi connectivity index (χ0n) is 13.2. The van der Waals surface area contributed by atoms with Crippen LogP contribution in [0, 0.1) is 5.82 Å². The van der Waals surface area contributed by atoms with E-state index in [1.54, 1.807) is 12.1 Å². The van der Waals surface area contributed by atoms with Crippen LogP contribution in [0.1, 0.15) is 5.56 Å². The fraction of sp³-hybridized carbons (Fsp3) is 0.125. The molecule has 0 atom stereocenters. The molecule has 2 rings (SSSR count). The SMILES string of the molecule is CS(=O)(=O)N(CC(=O)N/N=C\c1cccc(Br)c1)c1cccc(F)c1. The molecule has 132 valence electrons. The van der Waals surface area contributed by atoms with Gasteiger partial charge in [0.2, 0.25) is 10.0 Å². The van der Waals surface area contributed by atoms with Crippen molar-refractivity contribution in [1.29, 1.82) is 0 Å². The molecule has 2 aromatic carbocycles. The summed E-state index contributed by atoms with van der Waals surface area (Å²) in [5.41, 5.74) is 3.07. The number of carbonyl (C=O) groups is 1. The Morgan fingerprint density at radius 1 is 1.28 bits per heavy atom. The normalized spacial score (nSPS) is 11.5. The third-order valence-electron chi connectivity index (χ3n) is 3.04. The van der Waals surface area contributed by atoms with Gasteiger partial charge in [-0.3, -0.25) is 9.10 Å². The number of sulfonamides is 1. The lowest BCUT2D eigenvalue weighted by Crippen LogP contribution is -2.39. The maximum Gasteiger partial charge on any atom is 0.260 e. The third kappa shape index (κ3) is 5.95. The standard InChI is InChI=1S/C16H15BrFN3O3S/c1-25(23,24)21(15-7-3-6-14(18)9-15)11-16(22)20-19-10-12-4-2-5-13(17)8-12/h2-10H,11H2,1H3,(H,20,22)/b19-10-. The predicted molar refractivity (Wildman–Crippen MR) is 98.5 cm³/mol. The van der Waals surface area contributed by atoms with Gasteiger partial charge >= 0.3 is 0 Å². The van der Waals surface area contributed by atoms with E-state index in [1.165, 1.54) is 24.4 Å². The summed E-state index contributed by atoms with van der Waals surface area (Å²) in [5, 5.41) is 3.79. The smallest absolute Gasteiger partial charge is 0.260 e. The van der Waals surface area contributed by atoms with Crippen LogP contribution in [0.25, 0.3) is 0 Å². The second-order valence-corrected chi connectivity index (χ2v) is 7.92. The molecule has 0 aliphatic heterocycles. The predicted octanol–water partition coefficient (Wildman–Crippen LogP) is 2.50. The summed E-state index contributed by atoms with van der Waals surface area (Å²) in [7, 11) is -3.76. The zero-order chi connectivity index (χ0) is 18.4. The quantitative estimate of drug-likeness (QED) is 0.568. The van der Waals surface area contributed by atoms with Crippen molar-refractivity contribution in [3.05, 3.63) is 64.4 Å². The number of amides is 1. The van der Waals surface area contributed by atoms with Crippen LogP contribution in [0.4, 0.5) is 10.1 Å². The van der Waals surface area contributed by atoms with Crippen molar-refractivity contribution in [1.82, 2.24) is 5.43 Å². The molecule has 0 heterocycles. The first-order valence-electron chi connectivity index (χ1n) is 7.06. The Kier molecular flexibility index (Phi) is 6.27. The number of hydrogen-bond donors (Lipinski definition) is 1. The number of nitrogens with zero attached hydrogens (tertiary/aromatic N) is 2. The largest absolute Gasteiger partial charge is 0.271 e. The van der Waals surface area contributed by atoms with Crippen molar-refractivity contribution < 1.29 is 17.6 Å². The maximum atomic E-state index is 13.3. The van der Waals surface area contributed by atoms with Gasteiger partial charge in [0.05, 0.1) is 18.2 Å². The van der Waals surface area contributed by atoms with Gasteiger partial charge in [-0.2, -0.15) is 5.10 Å². The van der Waals surface area contributed by atoms with Crippen molar-refractivity contribution in [3.63, 3.8) is 0 Å². The number of anilines is 1. The molecule has 0 aliphatic carbocycles. The van der Waals surface area contributed by atoms with E-state index >= 15 is 0 Å². The summed E-state index contributed by atoms with van der Waals surface area (Å²) in [4.78, 5) is 12.0. The lowest BCUT2D eigenvalue weighted by molar-refractivity contribution is -0.119. The molecule has 2 aromatic rings. The van der Waals surface area contributed by atoms with E-state index in [1.807, 2.05) is 12.1 Å². The first kappa shape index (κ1) is 19.1. The fourth-order valence-electron chi connectivity index (χ4n) is 1.96. The van der Waals surface area contributed by atoms with E-state index < -0.39 is 28.3 Å². The lowest BCUT2D eigenvalue weighted by atomic mass is 10.2. The Labute approximate surface area is 153 Å². The highest BCUT2D eigenvalue weighted by atomic mass is 79.9. The first-order chi connectivity index (χ1) is 11.8. The molecular formula is C16H15BrFN3O3S. The molecular weight excluding hydrogens is 413 g/mol. The van der Waals surface area contributed by atoms with Gasteiger partial charge in [-0.05, 0) is 35.9 Å². The van der Waals surface area contributed by atoms with Gasteiger partial charge in [0.1, 0.15) is 12.4 Å². The van der Waals surface area contributed by atoms with Gasteiger partial charge < -0.3 is 0 Å². The molecule has 1 N–H and O–H groups in total. The van der Waals surface area contributed by atoms with Crippen LogP contribution in [0.15, 0.2) is 58.1 Å². The van der Waals surface area contributed by atoms with Gasteiger partial charge in [0.25, 0.3) is 5.91 Å². The monoisotopic (exact) mass is 427 g/mol. The summed E-state index contributed by atoms with van der Waals surface area (Å²) in [6, 6.07) is 12.2. The minimum atomic E-state index is -3.76. The van der Waals surface area contributed by atoms with Crippen molar-refractivity contribution in [3.8, 4) is 0 Å². The molecule has 0 saturated heterocycles. The molecule has 6 nitrogen and oxygen atoms in total. The van der Waals surface area contributed by atoms with Crippen LogP contribution in [0.3, 0.4) is 0 Å². The molecule has 0 spiro atoms. The van der Waals surface area contributed by atoms with E-state index in [4.69, 9.17) is 0 Å². The molecule has 0 aromatic heterocycles. The van der Waals surface area contributed by atoms with Crippen molar-refractivity contribution in [2.24, 2.45) is 5.10 Å². The van der Waals surface area contributed by atoms with Gasteiger partial charge in [0.15, 0.2) is 0 Å². The molecule has 0 bridgehead atoms. The summed E-state index contributed by atoms with van der Waals surface area (Å²) in [5.74, 6) is -1.25. The summed E-state index contributed by atoms with van der Waals surface area (Å²) in [6.07, 6.45) is 2.37. The number of benzene rings is 2. The maximum absolute atomic E-state index is 13.3. The van der Waals surface area contributed by atoms with E-state index in [2.05, 4.69) is 26.5 Å². The van der Waals surface area contributed by atoms with Crippen LogP contribution in [-0.4, -0.2) is 33.3 Å². The Morgan fingerprint density at radius 3 is 2.64 bits per heavy atom. The topological polar surface area (TPSA) is 78.8 Å². The number of rotatable bonds is 6. The minimum absolute atomic E-state index is 0.0635. The van der Waals surface area contributed by atoms with Crippen LogP contribution in [0.5, 0.6) is 0 Å². The van der Waals surface area contributed by atoms with Gasteiger partial charge in [-0.25, -0.2) is 18.2 Å². The van der Waals surface area contributed by atoms with Crippen LogP contribution in [0.2, 0.25) is 0 Å². The van der Waals surface area contributed by atoms with E-state index in [0.29, 0.717) is 0 Å². The highest BCUT2D eigenvalue weighted by Crippen LogP contribution is 2.18. The van der Waals surface area contributed by atoms with Crippen LogP contribution < -0.4 is 9.73 Å². The molecule has 0 unspecified atom stereocenters. The number of hydrogen-bond acceptors (Lipinski definition) is 4. The average Bonchev–Trinajstić information content (AvgIpc) is 2.51. The number of nitrogens with one attached hydrogen (secondary N) is 1. The van der Waals surface area contributed by atoms with Gasteiger partial charge in [-0.1, -0.05) is 34.1 Å². The molecule has 0 radical (unpaired) electrons. The molecule has 0 fully saturated rings. The van der Waals surface area contributed by atoms with Crippen molar-refractivity contribution >= 4 is 43.8 Å². The Hall–Kier alpha value is -2.26. The molecule has 0 saturated carbocycles. The Bertz CT molecular complexity index is 903. The first-order valence-corrected chi connectivity index (χ1v) is 9.70. The molecule has 25 heavy (non-hydrogen) atoms. The number of halogens is 2. The molecule has 9 heteroatoms. The summed E-state index contributed by atoms with van der Waals surface area (Å²) < 4.78 is 38.8. The minimum Gasteiger partial charge on any atom is -0.271 e. The van der Waals surface area contributed by atoms with E-state index in [9.17, 15) is 17.6 Å². The number of carbonyl (C=O) groups excluding carboxylic acids is 1. The third-order valence-corrected chi connectivity index (χ3v) is 4.67. The second-order valence-electron chi connectivity index (χ2n) is 5.10. The second kappa shape index (κ2) is 8.21. The Morgan fingerprint density at radius 2 is 2.00 bits per heavy atom. The molecule has 1 amide bonds. The van der Waals surface area contributed by atoms with Gasteiger partial charge in [-0.15, -0.1) is 0 Å². The summed E-state index contributed by atoms with van der Waals surface area (Å²) in [6.45, 7) is -0.516. The Balaban J connectivity index is 2.07. The highest BCUT2D eigenvalue weighted by Gasteiger charge is 2.21. The van der Waals surface area contributed by atoms with E-state index in [-0.39, 0.29) is 5.69 Å².